The van der Waals surface area contributed by atoms with Crippen LogP contribution in [-0.2, 0) is 6.54 Å². The van der Waals surface area contributed by atoms with Crippen LogP contribution in [0.1, 0.15) is 34.1 Å². The molecular weight excluding hydrogens is 379 g/mol. The molecular formula is C22H18ClFN2O2. The van der Waals surface area contributed by atoms with E-state index in [9.17, 15) is 14.3 Å². The van der Waals surface area contributed by atoms with E-state index in [1.165, 1.54) is 6.07 Å². The number of para-hydroxylation sites is 1. The SMILES string of the molecule is CCN1CC(=Cc2c(F)cccc2Cl)c2nc3ccccc3c(C(=O)O)c2C1. The fraction of sp³-hybridized carbons (Fsp3) is 0.182. The van der Waals surface area contributed by atoms with Crippen LogP contribution in [0, 0.1) is 5.82 Å². The van der Waals surface area contributed by atoms with E-state index in [0.717, 1.165) is 12.1 Å². The lowest BCUT2D eigenvalue weighted by atomic mass is 9.92. The van der Waals surface area contributed by atoms with Crippen molar-refractivity contribution < 1.29 is 14.3 Å². The van der Waals surface area contributed by atoms with Crippen LogP contribution in [0.2, 0.25) is 5.02 Å². The Balaban J connectivity index is 2.02. The molecule has 0 saturated carbocycles. The molecule has 2 aromatic carbocycles. The first-order chi connectivity index (χ1) is 13.5. The zero-order valence-electron chi connectivity index (χ0n) is 15.2. The molecule has 0 radical (unpaired) electrons. The average molecular weight is 397 g/mol. The molecule has 0 fully saturated rings. The van der Waals surface area contributed by atoms with Gasteiger partial charge in [0.2, 0.25) is 0 Å². The molecule has 6 heteroatoms. The van der Waals surface area contributed by atoms with Crippen molar-refractivity contribution in [2.75, 3.05) is 13.1 Å². The van der Waals surface area contributed by atoms with Crippen LogP contribution in [0.15, 0.2) is 42.5 Å². The topological polar surface area (TPSA) is 53.4 Å². The lowest BCUT2D eigenvalue weighted by Crippen LogP contribution is -2.31. The largest absolute Gasteiger partial charge is 0.478 e. The predicted octanol–water partition coefficient (Wildman–Crippen LogP) is 5.10. The molecule has 0 unspecified atom stereocenters. The van der Waals surface area contributed by atoms with E-state index < -0.39 is 11.8 Å². The molecule has 1 aliphatic rings. The highest BCUT2D eigenvalue weighted by molar-refractivity contribution is 6.32. The zero-order valence-corrected chi connectivity index (χ0v) is 16.0. The van der Waals surface area contributed by atoms with Crippen LogP contribution in [0.25, 0.3) is 22.6 Å². The summed E-state index contributed by atoms with van der Waals surface area (Å²) in [6.07, 6.45) is 1.69. The molecule has 4 rings (SSSR count). The van der Waals surface area contributed by atoms with Gasteiger partial charge in [-0.05, 0) is 36.4 Å². The summed E-state index contributed by atoms with van der Waals surface area (Å²) in [6, 6.07) is 11.7. The number of hydrogen-bond acceptors (Lipinski definition) is 3. The van der Waals surface area contributed by atoms with Crippen LogP contribution < -0.4 is 0 Å². The van der Waals surface area contributed by atoms with E-state index >= 15 is 0 Å². The minimum absolute atomic E-state index is 0.254. The lowest BCUT2D eigenvalue weighted by molar-refractivity contribution is 0.0696. The van der Waals surface area contributed by atoms with Crippen molar-refractivity contribution in [2.24, 2.45) is 0 Å². The number of carbonyl (C=O) groups is 1. The Morgan fingerprint density at radius 2 is 2.04 bits per heavy atom. The number of pyridine rings is 1. The molecule has 1 N–H and O–H groups in total. The third-order valence-corrected chi connectivity index (χ3v) is 5.38. The maximum absolute atomic E-state index is 14.4. The van der Waals surface area contributed by atoms with Crippen molar-refractivity contribution in [3.05, 3.63) is 75.7 Å². The second-order valence-electron chi connectivity index (χ2n) is 6.74. The number of hydrogen-bond donors (Lipinski definition) is 1. The van der Waals surface area contributed by atoms with E-state index in [2.05, 4.69) is 4.90 Å². The number of aromatic nitrogens is 1. The number of aromatic carboxylic acids is 1. The number of rotatable bonds is 3. The molecule has 28 heavy (non-hydrogen) atoms. The number of carboxylic acid groups (broad SMARTS) is 1. The summed E-state index contributed by atoms with van der Waals surface area (Å²) in [5.41, 5.74) is 3.15. The molecule has 3 aromatic rings. The molecule has 0 amide bonds. The molecule has 1 aromatic heterocycles. The van der Waals surface area contributed by atoms with Gasteiger partial charge in [0.25, 0.3) is 0 Å². The maximum atomic E-state index is 14.4. The Hall–Kier alpha value is -2.76. The van der Waals surface area contributed by atoms with Gasteiger partial charge in [-0.15, -0.1) is 0 Å². The van der Waals surface area contributed by atoms with Crippen LogP contribution in [0.5, 0.6) is 0 Å². The summed E-state index contributed by atoms with van der Waals surface area (Å²) in [5, 5.41) is 10.8. The number of likely N-dealkylation sites (N-methyl/N-ethyl adjacent to an activating group) is 1. The number of carboxylic acids is 1. The fourth-order valence-corrected chi connectivity index (χ4v) is 3.89. The van der Waals surface area contributed by atoms with E-state index in [4.69, 9.17) is 16.6 Å². The summed E-state index contributed by atoms with van der Waals surface area (Å²) in [6.45, 7) is 3.76. The van der Waals surface area contributed by atoms with Gasteiger partial charge in [-0.3, -0.25) is 4.90 Å². The number of fused-ring (bicyclic) bond motifs is 2. The van der Waals surface area contributed by atoms with Crippen LogP contribution in [0.4, 0.5) is 4.39 Å². The Kier molecular flexibility index (Phi) is 4.87. The molecule has 0 saturated heterocycles. The van der Waals surface area contributed by atoms with Crippen LogP contribution in [0.3, 0.4) is 0 Å². The third-order valence-electron chi connectivity index (χ3n) is 5.05. The first-order valence-electron chi connectivity index (χ1n) is 9.01. The van der Waals surface area contributed by atoms with Crippen molar-refractivity contribution >= 4 is 40.1 Å². The van der Waals surface area contributed by atoms with Crippen molar-refractivity contribution in [1.82, 2.24) is 9.88 Å². The van der Waals surface area contributed by atoms with Crippen molar-refractivity contribution in [3.8, 4) is 0 Å². The van der Waals surface area contributed by atoms with Gasteiger partial charge in [0, 0.05) is 29.6 Å². The van der Waals surface area contributed by atoms with E-state index in [0.29, 0.717) is 40.3 Å². The average Bonchev–Trinajstić information content (AvgIpc) is 2.68. The predicted molar refractivity (Wildman–Crippen MR) is 109 cm³/mol. The minimum Gasteiger partial charge on any atom is -0.478 e. The van der Waals surface area contributed by atoms with Gasteiger partial charge in [-0.1, -0.05) is 42.8 Å². The Bertz CT molecular complexity index is 1110. The van der Waals surface area contributed by atoms with E-state index in [1.807, 2.05) is 13.0 Å². The van der Waals surface area contributed by atoms with Crippen LogP contribution in [-0.4, -0.2) is 34.0 Å². The van der Waals surface area contributed by atoms with Gasteiger partial charge in [0.1, 0.15) is 5.82 Å². The molecule has 2 heterocycles. The highest BCUT2D eigenvalue weighted by Gasteiger charge is 2.28. The number of halogens is 2. The Labute approximate surface area is 166 Å². The molecule has 0 atom stereocenters. The standard InChI is InChI=1S/C22H18ClFN2O2/c1-2-26-11-13(10-15-17(23)7-5-8-18(15)24)21-16(12-26)20(22(27)28)14-6-3-4-9-19(14)25-21/h3-10H,2,11-12H2,1H3,(H,27,28). The van der Waals surface area contributed by atoms with Gasteiger partial charge in [-0.2, -0.15) is 0 Å². The Morgan fingerprint density at radius 3 is 2.75 bits per heavy atom. The van der Waals surface area contributed by atoms with Gasteiger partial charge in [-0.25, -0.2) is 14.2 Å². The van der Waals surface area contributed by atoms with Crippen molar-refractivity contribution in [1.29, 1.82) is 0 Å². The van der Waals surface area contributed by atoms with Gasteiger partial charge in [0.15, 0.2) is 0 Å². The quantitative estimate of drug-likeness (QED) is 0.669. The van der Waals surface area contributed by atoms with Crippen LogP contribution >= 0.6 is 11.6 Å². The summed E-state index contributed by atoms with van der Waals surface area (Å²) >= 11 is 6.21. The van der Waals surface area contributed by atoms with Gasteiger partial charge >= 0.3 is 5.97 Å². The highest BCUT2D eigenvalue weighted by Crippen LogP contribution is 2.35. The second kappa shape index (κ2) is 7.34. The van der Waals surface area contributed by atoms with Gasteiger partial charge in [0.05, 0.1) is 21.8 Å². The minimum atomic E-state index is -0.990. The zero-order chi connectivity index (χ0) is 19.8. The summed E-state index contributed by atoms with van der Waals surface area (Å²) in [4.78, 5) is 19.0. The second-order valence-corrected chi connectivity index (χ2v) is 7.15. The summed E-state index contributed by atoms with van der Waals surface area (Å²) in [5.74, 6) is -1.41. The number of nitrogens with zero attached hydrogens (tertiary/aromatic N) is 2. The highest BCUT2D eigenvalue weighted by atomic mass is 35.5. The molecule has 142 valence electrons. The smallest absolute Gasteiger partial charge is 0.336 e. The lowest BCUT2D eigenvalue weighted by Gasteiger charge is -2.30. The van der Waals surface area contributed by atoms with E-state index in [1.54, 1.807) is 36.4 Å². The monoisotopic (exact) mass is 396 g/mol. The summed E-state index contributed by atoms with van der Waals surface area (Å²) < 4.78 is 14.4. The van der Waals surface area contributed by atoms with E-state index in [-0.39, 0.29) is 11.1 Å². The normalized spacial score (nSPS) is 15.8. The molecule has 4 nitrogen and oxygen atoms in total. The first kappa shape index (κ1) is 18.6. The molecule has 0 aliphatic carbocycles. The summed E-state index contributed by atoms with van der Waals surface area (Å²) in [7, 11) is 0. The Morgan fingerprint density at radius 1 is 1.25 bits per heavy atom. The van der Waals surface area contributed by atoms with Crippen molar-refractivity contribution in [2.45, 2.75) is 13.5 Å². The first-order valence-corrected chi connectivity index (χ1v) is 9.39. The van der Waals surface area contributed by atoms with Gasteiger partial charge < -0.3 is 5.11 Å². The third kappa shape index (κ3) is 3.17. The van der Waals surface area contributed by atoms with Crippen molar-refractivity contribution in [3.63, 3.8) is 0 Å². The molecule has 0 spiro atoms. The number of benzene rings is 2. The maximum Gasteiger partial charge on any atom is 0.336 e. The molecule has 1 aliphatic heterocycles. The fourth-order valence-electron chi connectivity index (χ4n) is 3.67. The molecule has 0 bridgehead atoms.